The molecule has 1 aromatic heterocycles. The van der Waals surface area contributed by atoms with Crippen LogP contribution in [0.4, 0.5) is 5.69 Å². The summed E-state index contributed by atoms with van der Waals surface area (Å²) in [5, 5.41) is 13.5. The standard InChI is InChI=1S/C28H29N3OS/c1-3-20-11-7-8-19(2)27(20)31-26(32)14-15-33-28-24(18-29)17-23-16-22(12-13-25(23)30-28)21-9-5-4-6-10-21/h4-11,17,22H,3,12-16H2,1-2H3,(H,31,32). The molecule has 0 aliphatic heterocycles. The van der Waals surface area contributed by atoms with Gasteiger partial charge in [0, 0.05) is 23.6 Å². The lowest BCUT2D eigenvalue weighted by Gasteiger charge is -2.25. The molecule has 0 saturated carbocycles. The molecule has 0 radical (unpaired) electrons. The summed E-state index contributed by atoms with van der Waals surface area (Å²) in [6.07, 6.45) is 4.16. The summed E-state index contributed by atoms with van der Waals surface area (Å²) in [5.41, 5.74) is 7.39. The molecule has 2 aromatic carbocycles. The quantitative estimate of drug-likeness (QED) is 0.430. The second-order valence-electron chi connectivity index (χ2n) is 8.52. The molecule has 4 nitrogen and oxygen atoms in total. The molecule has 1 amide bonds. The van der Waals surface area contributed by atoms with Crippen LogP contribution in [0.3, 0.4) is 0 Å². The number of anilines is 1. The van der Waals surface area contributed by atoms with Crippen LogP contribution in [0.25, 0.3) is 0 Å². The summed E-state index contributed by atoms with van der Waals surface area (Å²) < 4.78 is 0. The largest absolute Gasteiger partial charge is 0.326 e. The molecule has 0 saturated heterocycles. The minimum absolute atomic E-state index is 0.00586. The van der Waals surface area contributed by atoms with E-state index >= 15 is 0 Å². The number of carbonyl (C=O) groups excluding carboxylic acids is 1. The van der Waals surface area contributed by atoms with E-state index in [1.165, 1.54) is 22.9 Å². The number of nitrogens with zero attached hydrogens (tertiary/aromatic N) is 2. The molecule has 5 heteroatoms. The summed E-state index contributed by atoms with van der Waals surface area (Å²) in [6, 6.07) is 21.0. The van der Waals surface area contributed by atoms with Gasteiger partial charge in [-0.2, -0.15) is 5.26 Å². The van der Waals surface area contributed by atoms with Gasteiger partial charge in [-0.05, 0) is 66.8 Å². The Balaban J connectivity index is 1.39. The van der Waals surface area contributed by atoms with Crippen LogP contribution >= 0.6 is 11.8 Å². The topological polar surface area (TPSA) is 65.8 Å². The van der Waals surface area contributed by atoms with Gasteiger partial charge in [0.05, 0.1) is 5.56 Å². The first kappa shape index (κ1) is 23.1. The van der Waals surface area contributed by atoms with Gasteiger partial charge in [0.15, 0.2) is 0 Å². The van der Waals surface area contributed by atoms with E-state index in [9.17, 15) is 10.1 Å². The first-order valence-electron chi connectivity index (χ1n) is 11.6. The normalized spacial score (nSPS) is 14.9. The van der Waals surface area contributed by atoms with Crippen molar-refractivity contribution in [3.8, 4) is 6.07 Å². The number of pyridine rings is 1. The maximum absolute atomic E-state index is 12.6. The molecule has 1 N–H and O–H groups in total. The third-order valence-corrected chi connectivity index (χ3v) is 7.31. The number of rotatable bonds is 7. The Bertz CT molecular complexity index is 1180. The summed E-state index contributed by atoms with van der Waals surface area (Å²) in [6.45, 7) is 4.11. The van der Waals surface area contributed by atoms with Gasteiger partial charge in [0.2, 0.25) is 5.91 Å². The van der Waals surface area contributed by atoms with Crippen molar-refractivity contribution in [3.63, 3.8) is 0 Å². The van der Waals surface area contributed by atoms with Gasteiger partial charge in [-0.25, -0.2) is 4.98 Å². The number of nitrogens with one attached hydrogen (secondary N) is 1. The molecular weight excluding hydrogens is 426 g/mol. The number of amides is 1. The fourth-order valence-electron chi connectivity index (χ4n) is 4.49. The zero-order valence-electron chi connectivity index (χ0n) is 19.2. The maximum atomic E-state index is 12.6. The molecule has 0 fully saturated rings. The Labute approximate surface area is 200 Å². The lowest BCUT2D eigenvalue weighted by Crippen LogP contribution is -2.16. The van der Waals surface area contributed by atoms with Crippen LogP contribution in [0.1, 0.15) is 59.2 Å². The highest BCUT2D eigenvalue weighted by atomic mass is 32.2. The average Bonchev–Trinajstić information content (AvgIpc) is 2.85. The van der Waals surface area contributed by atoms with Crippen LogP contribution in [0.5, 0.6) is 0 Å². The Morgan fingerprint density at radius 3 is 2.79 bits per heavy atom. The zero-order valence-corrected chi connectivity index (χ0v) is 20.0. The number of fused-ring (bicyclic) bond motifs is 1. The van der Waals surface area contributed by atoms with E-state index in [0.717, 1.165) is 53.2 Å². The minimum atomic E-state index is -0.00586. The fraction of sp³-hybridized carbons (Fsp3) is 0.321. The van der Waals surface area contributed by atoms with E-state index in [1.807, 2.05) is 31.2 Å². The van der Waals surface area contributed by atoms with Gasteiger partial charge in [-0.3, -0.25) is 4.79 Å². The van der Waals surface area contributed by atoms with Crippen LogP contribution in [0, 0.1) is 18.3 Å². The van der Waals surface area contributed by atoms with E-state index in [0.29, 0.717) is 23.7 Å². The number of nitriles is 1. The van der Waals surface area contributed by atoms with Gasteiger partial charge in [0.1, 0.15) is 11.1 Å². The molecule has 33 heavy (non-hydrogen) atoms. The highest BCUT2D eigenvalue weighted by molar-refractivity contribution is 7.99. The third-order valence-electron chi connectivity index (χ3n) is 6.32. The predicted octanol–water partition coefficient (Wildman–Crippen LogP) is 6.22. The second-order valence-corrected chi connectivity index (χ2v) is 9.60. The minimum Gasteiger partial charge on any atom is -0.326 e. The molecular formula is C28H29N3OS. The van der Waals surface area contributed by atoms with Crippen molar-refractivity contribution >= 4 is 23.4 Å². The van der Waals surface area contributed by atoms with Gasteiger partial charge < -0.3 is 5.32 Å². The van der Waals surface area contributed by atoms with E-state index < -0.39 is 0 Å². The van der Waals surface area contributed by atoms with Crippen molar-refractivity contribution in [2.24, 2.45) is 0 Å². The SMILES string of the molecule is CCc1cccc(C)c1NC(=O)CCSc1nc2c(cc1C#N)CC(c1ccccc1)CC2. The van der Waals surface area contributed by atoms with Gasteiger partial charge in [0.25, 0.3) is 0 Å². The van der Waals surface area contributed by atoms with E-state index in [-0.39, 0.29) is 5.91 Å². The van der Waals surface area contributed by atoms with Gasteiger partial charge in [-0.1, -0.05) is 55.5 Å². The van der Waals surface area contributed by atoms with Crippen molar-refractivity contribution in [1.82, 2.24) is 4.98 Å². The van der Waals surface area contributed by atoms with E-state index in [2.05, 4.69) is 48.6 Å². The van der Waals surface area contributed by atoms with Crippen molar-refractivity contribution in [3.05, 3.63) is 88.1 Å². The number of hydrogen-bond donors (Lipinski definition) is 1. The third kappa shape index (κ3) is 5.46. The number of benzene rings is 2. The zero-order chi connectivity index (χ0) is 23.2. The van der Waals surface area contributed by atoms with Crippen LogP contribution < -0.4 is 5.32 Å². The molecule has 1 heterocycles. The average molecular weight is 456 g/mol. The molecule has 1 aliphatic carbocycles. The van der Waals surface area contributed by atoms with Crippen molar-refractivity contribution in [2.45, 2.75) is 56.9 Å². The summed E-state index contributed by atoms with van der Waals surface area (Å²) >= 11 is 1.50. The van der Waals surface area contributed by atoms with Crippen LogP contribution in [0.2, 0.25) is 0 Å². The van der Waals surface area contributed by atoms with Crippen molar-refractivity contribution < 1.29 is 4.79 Å². The molecule has 0 bridgehead atoms. The Hall–Kier alpha value is -3.10. The molecule has 3 aromatic rings. The smallest absolute Gasteiger partial charge is 0.225 e. The maximum Gasteiger partial charge on any atom is 0.225 e. The van der Waals surface area contributed by atoms with Gasteiger partial charge >= 0.3 is 0 Å². The van der Waals surface area contributed by atoms with E-state index in [4.69, 9.17) is 4.98 Å². The number of hydrogen-bond acceptors (Lipinski definition) is 4. The van der Waals surface area contributed by atoms with Gasteiger partial charge in [-0.15, -0.1) is 11.8 Å². The van der Waals surface area contributed by atoms with Crippen LogP contribution in [-0.2, 0) is 24.1 Å². The Morgan fingerprint density at radius 2 is 2.03 bits per heavy atom. The number of para-hydroxylation sites is 1. The van der Waals surface area contributed by atoms with Crippen molar-refractivity contribution in [1.29, 1.82) is 5.26 Å². The molecule has 1 unspecified atom stereocenters. The molecule has 1 aliphatic rings. The number of carbonyl (C=O) groups is 1. The second kappa shape index (κ2) is 10.7. The van der Waals surface area contributed by atoms with Crippen LogP contribution in [0.15, 0.2) is 59.6 Å². The number of aryl methyl sites for hydroxylation is 3. The highest BCUT2D eigenvalue weighted by Gasteiger charge is 2.23. The fourth-order valence-corrected chi connectivity index (χ4v) is 5.41. The molecule has 1 atom stereocenters. The number of aromatic nitrogens is 1. The molecule has 0 spiro atoms. The van der Waals surface area contributed by atoms with Crippen molar-refractivity contribution in [2.75, 3.05) is 11.1 Å². The Kier molecular flexibility index (Phi) is 7.47. The van der Waals surface area contributed by atoms with E-state index in [1.54, 1.807) is 0 Å². The Morgan fingerprint density at radius 1 is 1.21 bits per heavy atom. The summed E-state index contributed by atoms with van der Waals surface area (Å²) in [7, 11) is 0. The van der Waals surface area contributed by atoms with Crippen LogP contribution in [-0.4, -0.2) is 16.6 Å². The summed E-state index contributed by atoms with van der Waals surface area (Å²) in [5.74, 6) is 1.06. The first-order valence-corrected chi connectivity index (χ1v) is 12.6. The number of thioether (sulfide) groups is 1. The predicted molar refractivity (Wildman–Crippen MR) is 135 cm³/mol. The molecule has 4 rings (SSSR count). The molecule has 168 valence electrons. The summed E-state index contributed by atoms with van der Waals surface area (Å²) in [4.78, 5) is 17.4. The highest BCUT2D eigenvalue weighted by Crippen LogP contribution is 2.34. The monoisotopic (exact) mass is 455 g/mol. The lowest BCUT2D eigenvalue weighted by atomic mass is 9.82. The first-order chi connectivity index (χ1) is 16.1. The lowest BCUT2D eigenvalue weighted by molar-refractivity contribution is -0.115.